The highest BCUT2D eigenvalue weighted by Gasteiger charge is 2.42. The van der Waals surface area contributed by atoms with Crippen LogP contribution < -0.4 is 9.62 Å². The third kappa shape index (κ3) is 4.02. The molecule has 2 aromatic rings. The van der Waals surface area contributed by atoms with E-state index < -0.39 is 67.3 Å². The number of sulfonamides is 1. The number of aliphatic hydroxyl groups excluding tert-OH is 1. The van der Waals surface area contributed by atoms with Crippen molar-refractivity contribution >= 4 is 33.2 Å². The first kappa shape index (κ1) is 22.4. The Labute approximate surface area is 170 Å². The number of benzene rings is 1. The molecular formula is C17H11F6N3O4S. The van der Waals surface area contributed by atoms with Gasteiger partial charge in [0.2, 0.25) is 0 Å². The number of carbonyl (C=O) groups is 1. The van der Waals surface area contributed by atoms with E-state index in [1.54, 1.807) is 0 Å². The number of aromatic nitrogens is 1. The Balaban J connectivity index is 2.07. The molecule has 0 bridgehead atoms. The van der Waals surface area contributed by atoms with Crippen molar-refractivity contribution in [1.29, 1.82) is 0 Å². The number of pyridine rings is 1. The number of alkyl halides is 6. The minimum atomic E-state index is -4.90. The van der Waals surface area contributed by atoms with E-state index in [2.05, 4.69) is 4.98 Å². The van der Waals surface area contributed by atoms with Crippen LogP contribution in [0.3, 0.4) is 0 Å². The van der Waals surface area contributed by atoms with Crippen molar-refractivity contribution in [2.45, 2.75) is 12.4 Å². The predicted octanol–water partition coefficient (Wildman–Crippen LogP) is 3.76. The first-order valence-corrected chi connectivity index (χ1v) is 9.57. The lowest BCUT2D eigenvalue weighted by atomic mass is 10.1. The number of halogens is 6. The zero-order valence-electron chi connectivity index (χ0n) is 15.2. The number of carbonyl (C=O) groups excluding carboxylic acids is 1. The predicted molar refractivity (Wildman–Crippen MR) is 96.2 cm³/mol. The second kappa shape index (κ2) is 7.14. The van der Waals surface area contributed by atoms with E-state index in [1.807, 2.05) is 5.32 Å². The summed E-state index contributed by atoms with van der Waals surface area (Å²) in [6.45, 7) is 0. The summed E-state index contributed by atoms with van der Waals surface area (Å²) in [7, 11) is -4.08. The molecule has 0 fully saturated rings. The standard InChI is InChI=1S/C17H11F6N3O4S/c1-26-14-10(5-6-11(25-14)17(21,22)23)12(27)13(31(26,29)30)15(28)24-9-4-2-3-8(7-9)16(18,19)20/h2-7,27H,1H3,(H,24,28). The van der Waals surface area contributed by atoms with Crippen LogP contribution in [0.1, 0.15) is 16.8 Å². The van der Waals surface area contributed by atoms with Crippen molar-refractivity contribution in [1.82, 2.24) is 4.98 Å². The third-order valence-corrected chi connectivity index (χ3v) is 6.00. The van der Waals surface area contributed by atoms with Crippen LogP contribution >= 0.6 is 0 Å². The highest BCUT2D eigenvalue weighted by Crippen LogP contribution is 2.39. The van der Waals surface area contributed by atoms with E-state index in [1.165, 1.54) is 0 Å². The highest BCUT2D eigenvalue weighted by molar-refractivity contribution is 7.97. The molecule has 3 rings (SSSR count). The van der Waals surface area contributed by atoms with E-state index in [-0.39, 0.29) is 4.31 Å². The van der Waals surface area contributed by atoms with Crippen LogP contribution in [0.15, 0.2) is 41.3 Å². The fourth-order valence-electron chi connectivity index (χ4n) is 2.71. The number of hydrogen-bond acceptors (Lipinski definition) is 5. The van der Waals surface area contributed by atoms with Gasteiger partial charge in [0, 0.05) is 12.7 Å². The van der Waals surface area contributed by atoms with Crippen LogP contribution in [-0.2, 0) is 27.2 Å². The molecule has 7 nitrogen and oxygen atoms in total. The quantitative estimate of drug-likeness (QED) is 0.656. The second-order valence-electron chi connectivity index (χ2n) is 6.25. The minimum Gasteiger partial charge on any atom is -0.506 e. The van der Waals surface area contributed by atoms with Gasteiger partial charge in [-0.3, -0.25) is 9.10 Å². The Morgan fingerprint density at radius 3 is 2.29 bits per heavy atom. The van der Waals surface area contributed by atoms with Crippen LogP contribution in [-0.4, -0.2) is 31.5 Å². The average Bonchev–Trinajstić information content (AvgIpc) is 2.64. The van der Waals surface area contributed by atoms with Crippen LogP contribution in [0.4, 0.5) is 37.8 Å². The zero-order chi connectivity index (χ0) is 23.4. The maximum absolute atomic E-state index is 12.9. The van der Waals surface area contributed by atoms with Gasteiger partial charge in [-0.1, -0.05) is 6.07 Å². The van der Waals surface area contributed by atoms with Crippen molar-refractivity contribution in [2.75, 3.05) is 16.7 Å². The van der Waals surface area contributed by atoms with Crippen LogP contribution in [0.2, 0.25) is 0 Å². The van der Waals surface area contributed by atoms with Gasteiger partial charge in [-0.05, 0) is 30.3 Å². The van der Waals surface area contributed by atoms with Crippen molar-refractivity contribution in [3.05, 3.63) is 58.1 Å². The summed E-state index contributed by atoms with van der Waals surface area (Å²) < 4.78 is 103. The summed E-state index contributed by atoms with van der Waals surface area (Å²) >= 11 is 0. The van der Waals surface area contributed by atoms with Gasteiger partial charge >= 0.3 is 12.4 Å². The molecule has 2 heterocycles. The van der Waals surface area contributed by atoms with E-state index in [4.69, 9.17) is 0 Å². The smallest absolute Gasteiger partial charge is 0.433 e. The number of rotatable bonds is 2. The maximum atomic E-state index is 12.9. The molecule has 1 aromatic carbocycles. The monoisotopic (exact) mass is 467 g/mol. The number of nitrogens with zero attached hydrogens (tertiary/aromatic N) is 2. The molecule has 1 aliphatic heterocycles. The van der Waals surface area contributed by atoms with Gasteiger partial charge in [0.15, 0.2) is 16.5 Å². The molecule has 14 heteroatoms. The van der Waals surface area contributed by atoms with Gasteiger partial charge in [0.1, 0.15) is 5.69 Å². The molecule has 0 atom stereocenters. The first-order chi connectivity index (χ1) is 14.1. The number of nitrogens with one attached hydrogen (secondary N) is 1. The largest absolute Gasteiger partial charge is 0.506 e. The number of hydrogen-bond donors (Lipinski definition) is 2. The Kier molecular flexibility index (Phi) is 5.16. The molecule has 0 radical (unpaired) electrons. The fourth-order valence-corrected chi connectivity index (χ4v) is 3.99. The first-order valence-electron chi connectivity index (χ1n) is 8.13. The lowest BCUT2D eigenvalue weighted by Gasteiger charge is -2.27. The molecule has 0 unspecified atom stereocenters. The maximum Gasteiger partial charge on any atom is 0.433 e. The third-order valence-electron chi connectivity index (χ3n) is 4.21. The summed E-state index contributed by atoms with van der Waals surface area (Å²) in [4.78, 5) is 14.5. The van der Waals surface area contributed by atoms with E-state index >= 15 is 0 Å². The van der Waals surface area contributed by atoms with Crippen molar-refractivity contribution in [2.24, 2.45) is 0 Å². The van der Waals surface area contributed by atoms with E-state index in [0.29, 0.717) is 12.1 Å². The summed E-state index contributed by atoms with van der Waals surface area (Å²) in [5.74, 6) is -3.46. The number of fused-ring (bicyclic) bond motifs is 1. The topological polar surface area (TPSA) is 99.6 Å². The molecule has 31 heavy (non-hydrogen) atoms. The Morgan fingerprint density at radius 2 is 1.71 bits per heavy atom. The summed E-state index contributed by atoms with van der Waals surface area (Å²) in [5.41, 5.74) is -3.46. The highest BCUT2D eigenvalue weighted by atomic mass is 32.2. The number of anilines is 2. The summed E-state index contributed by atoms with van der Waals surface area (Å²) in [6.07, 6.45) is -9.64. The molecule has 0 saturated carbocycles. The zero-order valence-corrected chi connectivity index (χ0v) is 16.0. The van der Waals surface area contributed by atoms with Gasteiger partial charge in [-0.2, -0.15) is 26.3 Å². The Bertz CT molecular complexity index is 1210. The van der Waals surface area contributed by atoms with Gasteiger partial charge in [-0.25, -0.2) is 13.4 Å². The number of aliphatic hydroxyl groups is 1. The Morgan fingerprint density at radius 1 is 1.06 bits per heavy atom. The van der Waals surface area contributed by atoms with E-state index in [9.17, 15) is 44.7 Å². The second-order valence-corrected chi connectivity index (χ2v) is 8.15. The van der Waals surface area contributed by atoms with Crippen molar-refractivity contribution in [3.63, 3.8) is 0 Å². The van der Waals surface area contributed by atoms with Gasteiger partial charge in [0.25, 0.3) is 15.9 Å². The molecule has 1 aliphatic rings. The molecule has 0 aliphatic carbocycles. The molecule has 2 N–H and O–H groups in total. The molecule has 0 saturated heterocycles. The molecule has 1 amide bonds. The van der Waals surface area contributed by atoms with Gasteiger partial charge in [-0.15, -0.1) is 0 Å². The normalized spacial score (nSPS) is 16.2. The van der Waals surface area contributed by atoms with Crippen LogP contribution in [0.5, 0.6) is 0 Å². The van der Waals surface area contributed by atoms with Crippen LogP contribution in [0, 0.1) is 0 Å². The molecule has 0 spiro atoms. The molecule has 166 valence electrons. The molecular weight excluding hydrogens is 456 g/mol. The van der Waals surface area contributed by atoms with Gasteiger partial charge < -0.3 is 10.4 Å². The van der Waals surface area contributed by atoms with Crippen molar-refractivity contribution < 1.29 is 44.7 Å². The Hall–Kier alpha value is -3.29. The summed E-state index contributed by atoms with van der Waals surface area (Å²) in [6, 6.07) is 4.48. The number of amides is 1. The van der Waals surface area contributed by atoms with Gasteiger partial charge in [0.05, 0.1) is 11.1 Å². The molecule has 1 aromatic heterocycles. The van der Waals surface area contributed by atoms with E-state index in [0.717, 1.165) is 31.3 Å². The average molecular weight is 467 g/mol. The minimum absolute atomic E-state index is 0.262. The fraction of sp³-hybridized carbons (Fsp3) is 0.176. The lowest BCUT2D eigenvalue weighted by Crippen LogP contribution is -2.38. The SMILES string of the molecule is CN1c2nc(C(F)(F)F)ccc2C(O)=C(C(=O)Nc2cccc(C(F)(F)F)c2)S1(=O)=O. The van der Waals surface area contributed by atoms with Crippen molar-refractivity contribution in [3.8, 4) is 0 Å². The summed E-state index contributed by atoms with van der Waals surface area (Å²) in [5, 5.41) is 12.2. The van der Waals surface area contributed by atoms with Crippen LogP contribution in [0.25, 0.3) is 5.76 Å². The lowest BCUT2D eigenvalue weighted by molar-refractivity contribution is -0.141.